The summed E-state index contributed by atoms with van der Waals surface area (Å²) < 4.78 is 5.31. The first kappa shape index (κ1) is 13.9. The van der Waals surface area contributed by atoms with Gasteiger partial charge in [-0.3, -0.25) is 0 Å². The van der Waals surface area contributed by atoms with Crippen LogP contribution in [0, 0.1) is 5.41 Å². The van der Waals surface area contributed by atoms with Gasteiger partial charge in [-0.15, -0.1) is 0 Å². The lowest BCUT2D eigenvalue weighted by Gasteiger charge is -2.32. The number of anilines is 1. The van der Waals surface area contributed by atoms with Gasteiger partial charge >= 0.3 is 0 Å². The predicted molar refractivity (Wildman–Crippen MR) is 80.8 cm³/mol. The molecule has 2 aromatic rings. The van der Waals surface area contributed by atoms with Gasteiger partial charge in [0.25, 0.3) is 5.89 Å². The van der Waals surface area contributed by atoms with Crippen molar-refractivity contribution in [1.29, 1.82) is 0 Å². The van der Waals surface area contributed by atoms with E-state index in [4.69, 9.17) is 10.3 Å². The maximum atomic E-state index is 9.93. The molecule has 3 rings (SSSR count). The van der Waals surface area contributed by atoms with Crippen molar-refractivity contribution in [3.05, 3.63) is 24.0 Å². The highest BCUT2D eigenvalue weighted by Gasteiger charge is 2.30. The van der Waals surface area contributed by atoms with E-state index in [9.17, 15) is 5.11 Å². The van der Waals surface area contributed by atoms with Gasteiger partial charge in [0.05, 0.1) is 5.56 Å². The molecule has 1 heterocycles. The molecule has 0 aliphatic heterocycles. The lowest BCUT2D eigenvalue weighted by molar-refractivity contribution is 0.218. The second kappa shape index (κ2) is 5.06. The number of phenolic OH excluding ortho intramolecular Hbond substituents is 1. The van der Waals surface area contributed by atoms with Crippen molar-refractivity contribution in [2.75, 3.05) is 5.73 Å². The summed E-state index contributed by atoms with van der Waals surface area (Å²) in [5.74, 6) is 1.52. The Balaban J connectivity index is 1.81. The molecule has 0 unspecified atom stereocenters. The van der Waals surface area contributed by atoms with Gasteiger partial charge in [0.15, 0.2) is 5.82 Å². The van der Waals surface area contributed by atoms with Gasteiger partial charge in [0.2, 0.25) is 0 Å². The third kappa shape index (κ3) is 2.86. The van der Waals surface area contributed by atoms with Crippen molar-refractivity contribution in [3.8, 4) is 17.2 Å². The Bertz CT molecular complexity index is 639. The largest absolute Gasteiger partial charge is 0.507 e. The molecular formula is C16H21N3O2. The minimum Gasteiger partial charge on any atom is -0.507 e. The number of nitrogen functional groups attached to an aromatic ring is 1. The summed E-state index contributed by atoms with van der Waals surface area (Å²) in [6, 6.07) is 4.90. The lowest BCUT2D eigenvalue weighted by atomic mass is 9.73. The standard InChI is InChI=1S/C16H21N3O2/c1-16(2)7-5-10(6-8-16)14-18-15(21-19-14)12-4-3-11(17)9-13(12)20/h3-4,9-10,20H,5-8,17H2,1-2H3. The van der Waals surface area contributed by atoms with Crippen LogP contribution in [0.25, 0.3) is 11.5 Å². The molecule has 1 saturated carbocycles. The molecule has 5 nitrogen and oxygen atoms in total. The number of nitrogens with two attached hydrogens (primary N) is 1. The van der Waals surface area contributed by atoms with Gasteiger partial charge < -0.3 is 15.4 Å². The molecular weight excluding hydrogens is 266 g/mol. The average molecular weight is 287 g/mol. The molecule has 0 radical (unpaired) electrons. The summed E-state index contributed by atoms with van der Waals surface area (Å²) >= 11 is 0. The van der Waals surface area contributed by atoms with Crippen LogP contribution < -0.4 is 5.73 Å². The zero-order valence-corrected chi connectivity index (χ0v) is 12.5. The molecule has 3 N–H and O–H groups in total. The van der Waals surface area contributed by atoms with E-state index >= 15 is 0 Å². The number of aromatic nitrogens is 2. The van der Waals surface area contributed by atoms with Gasteiger partial charge in [-0.25, -0.2) is 0 Å². The van der Waals surface area contributed by atoms with E-state index in [1.807, 2.05) is 0 Å². The summed E-state index contributed by atoms with van der Waals surface area (Å²) in [6.07, 6.45) is 4.52. The van der Waals surface area contributed by atoms with Gasteiger partial charge in [0.1, 0.15) is 5.75 Å². The fraction of sp³-hybridized carbons (Fsp3) is 0.500. The first-order valence-electron chi connectivity index (χ1n) is 7.37. The van der Waals surface area contributed by atoms with Crippen LogP contribution in [-0.2, 0) is 0 Å². The minimum absolute atomic E-state index is 0.0648. The predicted octanol–water partition coefficient (Wildman–Crippen LogP) is 3.71. The number of phenols is 1. The Kier molecular flexibility index (Phi) is 3.35. The highest BCUT2D eigenvalue weighted by atomic mass is 16.5. The van der Waals surface area contributed by atoms with E-state index < -0.39 is 0 Å². The summed E-state index contributed by atoms with van der Waals surface area (Å²) in [7, 11) is 0. The topological polar surface area (TPSA) is 85.2 Å². The summed E-state index contributed by atoms with van der Waals surface area (Å²) in [6.45, 7) is 4.61. The lowest BCUT2D eigenvalue weighted by Crippen LogP contribution is -2.20. The fourth-order valence-corrected chi connectivity index (χ4v) is 2.90. The Morgan fingerprint density at radius 1 is 1.29 bits per heavy atom. The Morgan fingerprint density at radius 2 is 2.00 bits per heavy atom. The second-order valence-electron chi connectivity index (χ2n) is 6.67. The van der Waals surface area contributed by atoms with E-state index in [2.05, 4.69) is 24.0 Å². The fourth-order valence-electron chi connectivity index (χ4n) is 2.90. The summed E-state index contributed by atoms with van der Waals surface area (Å²) in [5, 5.41) is 14.0. The molecule has 0 atom stereocenters. The van der Waals surface area contributed by atoms with Gasteiger partial charge in [0, 0.05) is 17.7 Å². The van der Waals surface area contributed by atoms with Gasteiger partial charge in [-0.05, 0) is 43.2 Å². The van der Waals surface area contributed by atoms with Crippen molar-refractivity contribution in [2.45, 2.75) is 45.4 Å². The van der Waals surface area contributed by atoms with Crippen molar-refractivity contribution >= 4 is 5.69 Å². The van der Waals surface area contributed by atoms with Crippen LogP contribution in [0.4, 0.5) is 5.69 Å². The van der Waals surface area contributed by atoms with Crippen molar-refractivity contribution < 1.29 is 9.63 Å². The van der Waals surface area contributed by atoms with Crippen LogP contribution in [0.5, 0.6) is 5.75 Å². The molecule has 1 aromatic heterocycles. The van der Waals surface area contributed by atoms with E-state index in [-0.39, 0.29) is 5.75 Å². The van der Waals surface area contributed by atoms with Crippen LogP contribution in [0.15, 0.2) is 22.7 Å². The molecule has 1 fully saturated rings. The molecule has 0 bridgehead atoms. The second-order valence-corrected chi connectivity index (χ2v) is 6.67. The SMILES string of the molecule is CC1(C)CCC(c2noc(-c3ccc(N)cc3O)n2)CC1. The van der Waals surface area contributed by atoms with Crippen molar-refractivity contribution in [3.63, 3.8) is 0 Å². The first-order valence-corrected chi connectivity index (χ1v) is 7.37. The smallest absolute Gasteiger partial charge is 0.261 e. The maximum Gasteiger partial charge on any atom is 0.261 e. The molecule has 1 aromatic carbocycles. The highest BCUT2D eigenvalue weighted by molar-refractivity contribution is 5.66. The molecule has 0 saturated heterocycles. The number of aromatic hydroxyl groups is 1. The minimum atomic E-state index is 0.0648. The molecule has 21 heavy (non-hydrogen) atoms. The molecule has 1 aliphatic carbocycles. The zero-order valence-electron chi connectivity index (χ0n) is 12.5. The Morgan fingerprint density at radius 3 is 2.67 bits per heavy atom. The number of nitrogens with zero attached hydrogens (tertiary/aromatic N) is 2. The molecule has 112 valence electrons. The maximum absolute atomic E-state index is 9.93. The zero-order chi connectivity index (χ0) is 15.0. The van der Waals surface area contributed by atoms with Crippen LogP contribution in [0.2, 0.25) is 0 Å². The molecule has 5 heteroatoms. The Labute approximate surface area is 124 Å². The van der Waals surface area contributed by atoms with E-state index in [0.29, 0.717) is 28.5 Å². The third-order valence-electron chi connectivity index (χ3n) is 4.40. The molecule has 0 amide bonds. The van der Waals surface area contributed by atoms with E-state index in [0.717, 1.165) is 18.7 Å². The van der Waals surface area contributed by atoms with Crippen LogP contribution in [0.3, 0.4) is 0 Å². The first-order chi connectivity index (χ1) is 9.94. The quantitative estimate of drug-likeness (QED) is 0.822. The Hall–Kier alpha value is -2.04. The monoisotopic (exact) mass is 287 g/mol. The molecule has 0 spiro atoms. The summed E-state index contributed by atoms with van der Waals surface area (Å²) in [4.78, 5) is 4.46. The number of rotatable bonds is 2. The normalized spacial score (nSPS) is 18.8. The van der Waals surface area contributed by atoms with Crippen molar-refractivity contribution in [1.82, 2.24) is 10.1 Å². The van der Waals surface area contributed by atoms with Crippen LogP contribution >= 0.6 is 0 Å². The van der Waals surface area contributed by atoms with Crippen LogP contribution in [-0.4, -0.2) is 15.2 Å². The summed E-state index contributed by atoms with van der Waals surface area (Å²) in [5.41, 5.74) is 7.07. The van der Waals surface area contributed by atoms with Gasteiger partial charge in [-0.2, -0.15) is 4.98 Å². The van der Waals surface area contributed by atoms with Gasteiger partial charge in [-0.1, -0.05) is 19.0 Å². The third-order valence-corrected chi connectivity index (χ3v) is 4.40. The van der Waals surface area contributed by atoms with E-state index in [1.54, 1.807) is 12.1 Å². The number of benzene rings is 1. The highest BCUT2D eigenvalue weighted by Crippen LogP contribution is 2.42. The number of hydrogen-bond donors (Lipinski definition) is 2. The number of hydrogen-bond acceptors (Lipinski definition) is 5. The molecule has 1 aliphatic rings. The van der Waals surface area contributed by atoms with Crippen LogP contribution in [0.1, 0.15) is 51.3 Å². The average Bonchev–Trinajstić information content (AvgIpc) is 2.88. The van der Waals surface area contributed by atoms with Crippen molar-refractivity contribution in [2.24, 2.45) is 5.41 Å². The van der Waals surface area contributed by atoms with E-state index in [1.165, 1.54) is 18.9 Å².